The predicted octanol–water partition coefficient (Wildman–Crippen LogP) is 1.78. The third-order valence-electron chi connectivity index (χ3n) is 5.34. The molecule has 0 radical (unpaired) electrons. The lowest BCUT2D eigenvalue weighted by Gasteiger charge is -2.35. The minimum atomic E-state index is -0.466. The molecule has 7 nitrogen and oxygen atoms in total. The number of amides is 1. The summed E-state index contributed by atoms with van der Waals surface area (Å²) in [7, 11) is 0. The second-order valence-corrected chi connectivity index (χ2v) is 7.16. The van der Waals surface area contributed by atoms with Crippen LogP contribution in [0.15, 0.2) is 71.6 Å². The molecule has 0 aromatic heterocycles. The third-order valence-corrected chi connectivity index (χ3v) is 5.34. The summed E-state index contributed by atoms with van der Waals surface area (Å²) in [6.45, 7) is 8.03. The van der Waals surface area contributed by atoms with E-state index in [4.69, 9.17) is 5.73 Å². The lowest BCUT2D eigenvalue weighted by Crippen LogP contribution is -2.46. The first-order valence-corrected chi connectivity index (χ1v) is 10.2. The Bertz CT molecular complexity index is 875. The lowest BCUT2D eigenvalue weighted by molar-refractivity contribution is -0.115. The molecule has 1 aromatic rings. The largest absolute Gasteiger partial charge is 0.404 e. The van der Waals surface area contributed by atoms with E-state index in [9.17, 15) is 9.59 Å². The van der Waals surface area contributed by atoms with E-state index >= 15 is 0 Å². The van der Waals surface area contributed by atoms with Gasteiger partial charge in [0.2, 0.25) is 0 Å². The van der Waals surface area contributed by atoms with Gasteiger partial charge in [-0.15, -0.1) is 0 Å². The Hall–Kier alpha value is -3.32. The van der Waals surface area contributed by atoms with Gasteiger partial charge in [0, 0.05) is 50.3 Å². The van der Waals surface area contributed by atoms with Crippen molar-refractivity contribution in [3.05, 3.63) is 71.6 Å². The number of carbonyl (C=O) groups is 2. The van der Waals surface area contributed by atoms with Crippen LogP contribution < -0.4 is 21.3 Å². The average molecular weight is 408 g/mol. The van der Waals surface area contributed by atoms with Crippen LogP contribution in [0.25, 0.3) is 0 Å². The van der Waals surface area contributed by atoms with Crippen LogP contribution in [0.4, 0.5) is 11.4 Å². The average Bonchev–Trinajstić information content (AvgIpc) is 2.81. The van der Waals surface area contributed by atoms with Crippen LogP contribution in [-0.2, 0) is 9.59 Å². The maximum absolute atomic E-state index is 12.6. The monoisotopic (exact) mass is 407 g/mol. The summed E-state index contributed by atoms with van der Waals surface area (Å²) in [5.41, 5.74) is 8.97. The van der Waals surface area contributed by atoms with E-state index in [0.717, 1.165) is 44.0 Å². The zero-order valence-electron chi connectivity index (χ0n) is 17.3. The Morgan fingerprint density at radius 3 is 2.50 bits per heavy atom. The number of benzene rings is 1. The number of likely N-dealkylation sites (N-methyl/N-ethyl adjacent to an activating group) is 1. The van der Waals surface area contributed by atoms with Crippen molar-refractivity contribution in [2.75, 3.05) is 49.5 Å². The molecule has 7 heteroatoms. The van der Waals surface area contributed by atoms with E-state index in [-0.39, 0.29) is 5.57 Å². The number of aldehydes is 1. The molecule has 2 heterocycles. The Kier molecular flexibility index (Phi) is 7.45. The maximum atomic E-state index is 12.6. The van der Waals surface area contributed by atoms with Crippen molar-refractivity contribution in [2.24, 2.45) is 5.73 Å². The number of allylic oxidation sites excluding steroid dienone is 4. The summed E-state index contributed by atoms with van der Waals surface area (Å²) in [4.78, 5) is 28.9. The predicted molar refractivity (Wildman–Crippen MR) is 121 cm³/mol. The van der Waals surface area contributed by atoms with Crippen molar-refractivity contribution in [3.8, 4) is 0 Å². The van der Waals surface area contributed by atoms with Gasteiger partial charge in [0.05, 0.1) is 5.57 Å². The molecule has 158 valence electrons. The highest BCUT2D eigenvalue weighted by Gasteiger charge is 2.16. The summed E-state index contributed by atoms with van der Waals surface area (Å²) in [6, 6.07) is 7.72. The van der Waals surface area contributed by atoms with E-state index in [1.807, 2.05) is 36.4 Å². The van der Waals surface area contributed by atoms with Gasteiger partial charge in [-0.25, -0.2) is 0 Å². The van der Waals surface area contributed by atoms with Gasteiger partial charge in [-0.1, -0.05) is 13.0 Å². The number of nitrogens with two attached hydrogens (primary N) is 1. The molecule has 0 saturated carbocycles. The summed E-state index contributed by atoms with van der Waals surface area (Å²) in [5.74, 6) is -0.466. The zero-order valence-corrected chi connectivity index (χ0v) is 17.3. The molecule has 4 N–H and O–H groups in total. The second kappa shape index (κ2) is 10.5. The van der Waals surface area contributed by atoms with Crippen molar-refractivity contribution < 1.29 is 9.59 Å². The normalized spacial score (nSPS) is 17.9. The summed E-state index contributed by atoms with van der Waals surface area (Å²) in [6.07, 6.45) is 9.03. The number of hydrogen-bond acceptors (Lipinski definition) is 6. The van der Waals surface area contributed by atoms with E-state index in [2.05, 4.69) is 27.4 Å². The lowest BCUT2D eigenvalue weighted by atomic mass is 10.0. The van der Waals surface area contributed by atoms with Crippen LogP contribution in [0.5, 0.6) is 0 Å². The van der Waals surface area contributed by atoms with Gasteiger partial charge in [-0.2, -0.15) is 0 Å². The van der Waals surface area contributed by atoms with Crippen LogP contribution in [-0.4, -0.2) is 56.4 Å². The Balaban J connectivity index is 1.64. The number of rotatable bonds is 7. The minimum absolute atomic E-state index is 0.0132. The van der Waals surface area contributed by atoms with Crippen LogP contribution >= 0.6 is 0 Å². The Labute approximate surface area is 177 Å². The number of hydrogen-bond donors (Lipinski definition) is 3. The van der Waals surface area contributed by atoms with Crippen molar-refractivity contribution in [2.45, 2.75) is 6.92 Å². The third kappa shape index (κ3) is 5.39. The van der Waals surface area contributed by atoms with Crippen LogP contribution in [0.1, 0.15) is 6.92 Å². The van der Waals surface area contributed by atoms with E-state index in [0.29, 0.717) is 24.1 Å². The molecular formula is C23H29N5O2. The van der Waals surface area contributed by atoms with Gasteiger partial charge in [0.25, 0.3) is 5.91 Å². The van der Waals surface area contributed by atoms with Gasteiger partial charge < -0.3 is 26.2 Å². The number of piperazine rings is 1. The van der Waals surface area contributed by atoms with Crippen LogP contribution in [0.2, 0.25) is 0 Å². The quantitative estimate of drug-likeness (QED) is 0.210. The first kappa shape index (κ1) is 21.4. The summed E-state index contributed by atoms with van der Waals surface area (Å²) in [5, 5.41) is 5.84. The first-order valence-electron chi connectivity index (χ1n) is 10.2. The molecule has 1 aromatic carbocycles. The summed E-state index contributed by atoms with van der Waals surface area (Å²) < 4.78 is 0. The standard InChI is InChI=1S/C23H29N5O2/c1-2-27-11-13-28(14-12-27)22-5-3-21(4-6-22)26-23(30)20(17-29)15-19(16-24)18-7-9-25-10-8-18/h3-9,15-17,25H,2,10-14,24H2,1H3,(H,26,30)/b19-16+,20-15+. The maximum Gasteiger partial charge on any atom is 0.258 e. The molecule has 1 fully saturated rings. The molecule has 0 unspecified atom stereocenters. The molecule has 0 atom stereocenters. The number of carbonyl (C=O) groups excluding carboxylic acids is 2. The SMILES string of the molecule is CCN1CCN(c2ccc(NC(=O)/C(C=O)=C/C(=C\N)C3=CCNC=C3)cc2)CC1. The second-order valence-electron chi connectivity index (χ2n) is 7.16. The number of nitrogens with zero attached hydrogens (tertiary/aromatic N) is 2. The number of nitrogens with one attached hydrogen (secondary N) is 2. The molecule has 1 amide bonds. The zero-order chi connectivity index (χ0) is 21.3. The fraction of sp³-hybridized carbons (Fsp3) is 0.304. The Morgan fingerprint density at radius 2 is 1.93 bits per heavy atom. The number of dihydropyridines is 1. The van der Waals surface area contributed by atoms with Crippen molar-refractivity contribution >= 4 is 23.6 Å². The van der Waals surface area contributed by atoms with E-state index < -0.39 is 5.91 Å². The fourth-order valence-electron chi connectivity index (χ4n) is 3.50. The van der Waals surface area contributed by atoms with Crippen molar-refractivity contribution in [1.82, 2.24) is 10.2 Å². The highest BCUT2D eigenvalue weighted by atomic mass is 16.2. The van der Waals surface area contributed by atoms with Gasteiger partial charge in [0.1, 0.15) is 0 Å². The fourth-order valence-corrected chi connectivity index (χ4v) is 3.50. The molecule has 3 rings (SSSR count). The van der Waals surface area contributed by atoms with E-state index in [1.54, 1.807) is 6.20 Å². The first-order chi connectivity index (χ1) is 14.6. The van der Waals surface area contributed by atoms with Crippen LogP contribution in [0.3, 0.4) is 0 Å². The molecule has 0 aliphatic carbocycles. The highest BCUT2D eigenvalue weighted by Crippen LogP contribution is 2.20. The molecule has 2 aliphatic rings. The molecule has 1 saturated heterocycles. The van der Waals surface area contributed by atoms with E-state index in [1.165, 1.54) is 12.3 Å². The van der Waals surface area contributed by atoms with Crippen molar-refractivity contribution in [3.63, 3.8) is 0 Å². The molecule has 2 aliphatic heterocycles. The van der Waals surface area contributed by atoms with Gasteiger partial charge >= 0.3 is 0 Å². The number of anilines is 2. The van der Waals surface area contributed by atoms with Crippen molar-refractivity contribution in [1.29, 1.82) is 0 Å². The highest BCUT2D eigenvalue weighted by molar-refractivity contribution is 6.17. The minimum Gasteiger partial charge on any atom is -0.404 e. The molecule has 0 bridgehead atoms. The summed E-state index contributed by atoms with van der Waals surface area (Å²) >= 11 is 0. The topological polar surface area (TPSA) is 90.7 Å². The Morgan fingerprint density at radius 1 is 1.20 bits per heavy atom. The molecule has 30 heavy (non-hydrogen) atoms. The van der Waals surface area contributed by atoms with Crippen LogP contribution in [0, 0.1) is 0 Å². The smallest absolute Gasteiger partial charge is 0.258 e. The van der Waals surface area contributed by atoms with Gasteiger partial charge in [-0.05, 0) is 60.3 Å². The van der Waals surface area contributed by atoms with Gasteiger partial charge in [-0.3, -0.25) is 9.59 Å². The molecule has 0 spiro atoms. The van der Waals surface area contributed by atoms with Gasteiger partial charge in [0.15, 0.2) is 6.29 Å². The molecular weight excluding hydrogens is 378 g/mol.